The molecule has 2 rings (SSSR count). The van der Waals surface area contributed by atoms with Crippen LogP contribution in [0.3, 0.4) is 0 Å². The van der Waals surface area contributed by atoms with Gasteiger partial charge in [-0.15, -0.1) is 9.42 Å². The number of nitrogens with one attached hydrogen (secondary N) is 1. The quantitative estimate of drug-likeness (QED) is 0.291. The van der Waals surface area contributed by atoms with Crippen molar-refractivity contribution in [3.63, 3.8) is 0 Å². The van der Waals surface area contributed by atoms with Crippen LogP contribution in [0.4, 0.5) is 0 Å². The first-order valence-corrected chi connectivity index (χ1v) is 11.6. The number of aliphatic hydroxyl groups is 1. The largest absolute Gasteiger partial charge is 0.695 e. The zero-order valence-electron chi connectivity index (χ0n) is 17.3. The van der Waals surface area contributed by atoms with Gasteiger partial charge in [-0.05, 0) is 6.42 Å². The van der Waals surface area contributed by atoms with Gasteiger partial charge in [0, 0.05) is 23.4 Å². The van der Waals surface area contributed by atoms with Crippen LogP contribution in [0.5, 0.6) is 0 Å². The topological polar surface area (TPSA) is 140 Å². The van der Waals surface area contributed by atoms with Gasteiger partial charge in [0.25, 0.3) is 5.56 Å². The Bertz CT molecular complexity index is 767. The molecular weight excluding hydrogens is 415 g/mol. The predicted molar refractivity (Wildman–Crippen MR) is 109 cm³/mol. The molecule has 5 atom stereocenters. The third-order valence-electron chi connectivity index (χ3n) is 5.11. The molecule has 1 fully saturated rings. The highest BCUT2D eigenvalue weighted by molar-refractivity contribution is 7.32. The number of aromatic amines is 1. The normalized spacial score (nSPS) is 24.3. The maximum absolute atomic E-state index is 12.2. The molecule has 30 heavy (non-hydrogen) atoms. The molecule has 2 unspecified atom stereocenters. The number of aliphatic hydroxyl groups excluding tert-OH is 1. The van der Waals surface area contributed by atoms with Gasteiger partial charge in [-0.3, -0.25) is 14.3 Å². The fourth-order valence-corrected chi connectivity index (χ4v) is 4.03. The lowest BCUT2D eigenvalue weighted by atomic mass is 10.1. The van der Waals surface area contributed by atoms with E-state index < -0.39 is 50.7 Å². The second-order valence-corrected chi connectivity index (χ2v) is 8.07. The summed E-state index contributed by atoms with van der Waals surface area (Å²) in [7, 11) is -2.97. The molecule has 1 aliphatic heterocycles. The summed E-state index contributed by atoms with van der Waals surface area (Å²) in [6.45, 7) is 2.04. The highest BCUT2D eigenvalue weighted by atomic mass is 31.1. The number of nitrogens with zero attached hydrogens (tertiary/aromatic N) is 1. The van der Waals surface area contributed by atoms with Gasteiger partial charge < -0.3 is 14.6 Å². The molecule has 0 spiro atoms. The van der Waals surface area contributed by atoms with E-state index in [4.69, 9.17) is 14.0 Å². The van der Waals surface area contributed by atoms with Crippen LogP contribution in [-0.4, -0.2) is 51.1 Å². The van der Waals surface area contributed by atoms with Crippen molar-refractivity contribution < 1.29 is 28.6 Å². The van der Waals surface area contributed by atoms with Crippen LogP contribution in [0.15, 0.2) is 21.9 Å². The van der Waals surface area contributed by atoms with Crippen molar-refractivity contribution in [3.8, 4) is 0 Å². The maximum Gasteiger partial charge on any atom is 0.695 e. The van der Waals surface area contributed by atoms with E-state index in [-0.39, 0.29) is 0 Å². The first kappa shape index (κ1) is 24.8. The molecule has 1 aromatic rings. The summed E-state index contributed by atoms with van der Waals surface area (Å²) in [5, 5.41) is 9.59. The standard InChI is InChI=1S/C19H31N2O8P/c1-2-3-4-5-6-7-8-9-12-27-17-16(29-30(25)26)14(13-22)28-18(17)21-11-10-15(23)20-19(21)24/h10-11,14,16-18,22H,2-9,12-13H2,1H3,(H-,20,23,24,25,26)/p+1/t14-,16?,17+,18-/m1/s1. The number of hydrogen-bond acceptors (Lipinski definition) is 7. The Morgan fingerprint density at radius 1 is 1.13 bits per heavy atom. The maximum atomic E-state index is 12.2. The minimum Gasteiger partial charge on any atom is -0.394 e. The van der Waals surface area contributed by atoms with E-state index in [0.717, 1.165) is 29.9 Å². The fourth-order valence-electron chi connectivity index (χ4n) is 3.57. The Morgan fingerprint density at radius 3 is 2.40 bits per heavy atom. The van der Waals surface area contributed by atoms with Crippen molar-refractivity contribution >= 4 is 8.25 Å². The van der Waals surface area contributed by atoms with Crippen LogP contribution < -0.4 is 11.2 Å². The number of H-pyrrole nitrogens is 1. The average Bonchev–Trinajstić information content (AvgIpc) is 3.03. The molecule has 1 saturated heterocycles. The Labute approximate surface area is 176 Å². The van der Waals surface area contributed by atoms with E-state index in [2.05, 4.69) is 11.9 Å². The fraction of sp³-hybridized carbons (Fsp3) is 0.789. The summed E-state index contributed by atoms with van der Waals surface area (Å²) in [4.78, 5) is 34.9. The van der Waals surface area contributed by atoms with Gasteiger partial charge in [0.05, 0.1) is 6.61 Å². The lowest BCUT2D eigenvalue weighted by Gasteiger charge is -2.22. The van der Waals surface area contributed by atoms with E-state index in [9.17, 15) is 24.2 Å². The zero-order valence-corrected chi connectivity index (χ0v) is 18.2. The monoisotopic (exact) mass is 447 g/mol. The van der Waals surface area contributed by atoms with E-state index >= 15 is 0 Å². The molecule has 0 amide bonds. The van der Waals surface area contributed by atoms with Crippen LogP contribution in [-0.2, 0) is 18.6 Å². The van der Waals surface area contributed by atoms with Crippen molar-refractivity contribution in [1.82, 2.24) is 9.55 Å². The zero-order chi connectivity index (χ0) is 21.9. The van der Waals surface area contributed by atoms with Crippen LogP contribution in [0.25, 0.3) is 0 Å². The highest BCUT2D eigenvalue weighted by Gasteiger charge is 2.51. The van der Waals surface area contributed by atoms with Gasteiger partial charge in [-0.2, -0.15) is 0 Å². The van der Waals surface area contributed by atoms with Gasteiger partial charge in [0.15, 0.2) is 12.3 Å². The molecule has 1 aliphatic rings. The molecule has 11 heteroatoms. The van der Waals surface area contributed by atoms with Crippen molar-refractivity contribution in [2.24, 2.45) is 0 Å². The van der Waals surface area contributed by atoms with Crippen LogP contribution >= 0.6 is 8.25 Å². The molecule has 3 N–H and O–H groups in total. The summed E-state index contributed by atoms with van der Waals surface area (Å²) in [5.41, 5.74) is -1.27. The Kier molecular flexibility index (Phi) is 10.8. The van der Waals surface area contributed by atoms with Gasteiger partial charge in [-0.25, -0.2) is 4.79 Å². The summed E-state index contributed by atoms with van der Waals surface area (Å²) in [6.07, 6.45) is 6.32. The van der Waals surface area contributed by atoms with Crippen LogP contribution in [0, 0.1) is 0 Å². The lowest BCUT2D eigenvalue weighted by Crippen LogP contribution is -2.40. The molecule has 0 aliphatic carbocycles. The highest BCUT2D eigenvalue weighted by Crippen LogP contribution is 2.37. The summed E-state index contributed by atoms with van der Waals surface area (Å²) >= 11 is 0. The molecule has 170 valence electrons. The Morgan fingerprint density at radius 2 is 1.80 bits per heavy atom. The molecule has 1 aromatic heterocycles. The number of hydrogen-bond donors (Lipinski definition) is 3. The summed E-state index contributed by atoms with van der Waals surface area (Å²) in [6, 6.07) is 1.16. The number of rotatable bonds is 14. The third kappa shape index (κ3) is 7.37. The van der Waals surface area contributed by atoms with Crippen molar-refractivity contribution in [2.75, 3.05) is 13.2 Å². The van der Waals surface area contributed by atoms with Crippen LogP contribution in [0.1, 0.15) is 64.5 Å². The second kappa shape index (κ2) is 13.1. The van der Waals surface area contributed by atoms with Crippen molar-refractivity contribution in [1.29, 1.82) is 0 Å². The minimum absolute atomic E-state index is 0.345. The second-order valence-electron chi connectivity index (χ2n) is 7.38. The van der Waals surface area contributed by atoms with Gasteiger partial charge >= 0.3 is 13.9 Å². The van der Waals surface area contributed by atoms with E-state index in [0.29, 0.717) is 6.61 Å². The molecule has 0 bridgehead atoms. The number of ether oxygens (including phenoxy) is 2. The van der Waals surface area contributed by atoms with E-state index in [1.165, 1.54) is 38.3 Å². The van der Waals surface area contributed by atoms with Crippen molar-refractivity contribution in [3.05, 3.63) is 33.1 Å². The minimum atomic E-state index is -2.97. The smallest absolute Gasteiger partial charge is 0.394 e. The molecular formula is C19H32N2O8P+. The summed E-state index contributed by atoms with van der Waals surface area (Å²) < 4.78 is 29.0. The Hall–Kier alpha value is -1.42. The summed E-state index contributed by atoms with van der Waals surface area (Å²) in [5.74, 6) is 0. The number of unbranched alkanes of at least 4 members (excludes halogenated alkanes) is 7. The third-order valence-corrected chi connectivity index (χ3v) is 5.53. The molecule has 0 radical (unpaired) electrons. The molecule has 0 saturated carbocycles. The first-order valence-electron chi connectivity index (χ1n) is 10.5. The Balaban J connectivity index is 1.99. The van der Waals surface area contributed by atoms with Gasteiger partial charge in [-0.1, -0.05) is 51.9 Å². The SMILES string of the molecule is CCCCCCCCCCO[C@H]1C(O[P+](=O)O)[C@@H](CO)O[C@H]1n1ccc(=O)[nH]c1=O. The van der Waals surface area contributed by atoms with Gasteiger partial charge in [0.1, 0.15) is 12.2 Å². The molecule has 0 aromatic carbocycles. The van der Waals surface area contributed by atoms with E-state index in [1.54, 1.807) is 0 Å². The first-order chi connectivity index (χ1) is 14.5. The van der Waals surface area contributed by atoms with Crippen LogP contribution in [0.2, 0.25) is 0 Å². The lowest BCUT2D eigenvalue weighted by molar-refractivity contribution is -0.0744. The predicted octanol–water partition coefficient (Wildman–Crippen LogP) is 1.99. The molecule has 2 heterocycles. The van der Waals surface area contributed by atoms with E-state index in [1.807, 2.05) is 0 Å². The average molecular weight is 447 g/mol. The van der Waals surface area contributed by atoms with Gasteiger partial charge in [0.2, 0.25) is 0 Å². The molecule has 10 nitrogen and oxygen atoms in total. The number of aromatic nitrogens is 2. The van der Waals surface area contributed by atoms with Crippen molar-refractivity contribution in [2.45, 2.75) is 82.8 Å².